The van der Waals surface area contributed by atoms with E-state index in [2.05, 4.69) is 0 Å². The maximum Gasteiger partial charge on any atom is 0.181 e. The second-order valence-corrected chi connectivity index (χ2v) is 3.23. The molecule has 0 spiro atoms. The number of ether oxygens (including phenoxy) is 1. The molecule has 0 saturated heterocycles. The number of rotatable bonds is 3. The molecule has 14 heavy (non-hydrogen) atoms. The molecule has 1 aromatic rings. The van der Waals surface area contributed by atoms with Crippen LogP contribution in [-0.4, -0.2) is 18.0 Å². The number of carbonyl (C=O) groups is 1. The molecule has 1 rings (SSSR count). The van der Waals surface area contributed by atoms with Crippen LogP contribution in [0.25, 0.3) is 0 Å². The fourth-order valence-electron chi connectivity index (χ4n) is 1.32. The van der Waals surface area contributed by atoms with Crippen molar-refractivity contribution in [3.63, 3.8) is 0 Å². The molecule has 0 amide bonds. The molecule has 0 bridgehead atoms. The summed E-state index contributed by atoms with van der Waals surface area (Å²) in [5.74, 6) is -0.0696. The number of carbonyl (C=O) groups excluding carboxylic acids is 1. The van der Waals surface area contributed by atoms with Crippen LogP contribution in [0.3, 0.4) is 0 Å². The molecule has 1 atom stereocenters. The molecule has 0 saturated carbocycles. The van der Waals surface area contributed by atoms with Gasteiger partial charge in [0.2, 0.25) is 0 Å². The van der Waals surface area contributed by atoms with E-state index in [4.69, 9.17) is 4.74 Å². The zero-order chi connectivity index (χ0) is 10.7. The minimum absolute atomic E-state index is 0.0696. The molecule has 1 unspecified atom stereocenters. The van der Waals surface area contributed by atoms with Gasteiger partial charge in [-0.25, -0.2) is 0 Å². The quantitative estimate of drug-likeness (QED) is 0.590. The van der Waals surface area contributed by atoms with Crippen molar-refractivity contribution in [3.05, 3.63) is 34.9 Å². The van der Waals surface area contributed by atoms with Crippen molar-refractivity contribution in [1.29, 1.82) is 0 Å². The lowest BCUT2D eigenvalue weighted by atomic mass is 10.0. The number of aliphatic hydroxyl groups excluding tert-OH is 1. The Labute approximate surface area is 83.3 Å². The van der Waals surface area contributed by atoms with Crippen LogP contribution in [0.2, 0.25) is 0 Å². The summed E-state index contributed by atoms with van der Waals surface area (Å²) in [5, 5.41) is 9.48. The van der Waals surface area contributed by atoms with E-state index in [0.717, 1.165) is 5.56 Å². The minimum atomic E-state index is -1.03. The van der Waals surface area contributed by atoms with Gasteiger partial charge in [-0.2, -0.15) is 0 Å². The fraction of sp³-hybridized carbons (Fsp3) is 0.364. The Morgan fingerprint density at radius 1 is 1.50 bits per heavy atom. The summed E-state index contributed by atoms with van der Waals surface area (Å²) in [6.07, 6.45) is -1.03. The second-order valence-electron chi connectivity index (χ2n) is 3.23. The van der Waals surface area contributed by atoms with Gasteiger partial charge < -0.3 is 9.84 Å². The van der Waals surface area contributed by atoms with Crippen LogP contribution < -0.4 is 0 Å². The monoisotopic (exact) mass is 194 g/mol. The van der Waals surface area contributed by atoms with Crippen molar-refractivity contribution in [2.24, 2.45) is 0 Å². The number of Topliss-reactive ketones (excluding diaryl/α,β-unsaturated/α-hetero) is 1. The summed E-state index contributed by atoms with van der Waals surface area (Å²) in [7, 11) is 1.40. The Hall–Kier alpha value is -1.19. The van der Waals surface area contributed by atoms with Crippen molar-refractivity contribution < 1.29 is 14.6 Å². The second kappa shape index (κ2) is 4.35. The number of aryl methyl sites for hydroxylation is 1. The highest BCUT2D eigenvalue weighted by molar-refractivity contribution is 5.95. The predicted octanol–water partition coefficient (Wildman–Crippen LogP) is 1.83. The fourth-order valence-corrected chi connectivity index (χ4v) is 1.32. The van der Waals surface area contributed by atoms with Crippen molar-refractivity contribution in [2.75, 3.05) is 7.11 Å². The number of ketones is 1. The zero-order valence-corrected chi connectivity index (χ0v) is 8.57. The first kappa shape index (κ1) is 10.9. The van der Waals surface area contributed by atoms with Gasteiger partial charge in [0, 0.05) is 18.2 Å². The van der Waals surface area contributed by atoms with E-state index in [1.807, 2.05) is 13.0 Å². The molecule has 3 nitrogen and oxygen atoms in total. The Bertz CT molecular complexity index is 344. The highest BCUT2D eigenvalue weighted by Gasteiger charge is 2.14. The molecule has 1 N–H and O–H groups in total. The molecule has 0 aliphatic carbocycles. The topological polar surface area (TPSA) is 46.5 Å². The van der Waals surface area contributed by atoms with Gasteiger partial charge in [0.15, 0.2) is 12.1 Å². The molecule has 0 aromatic heterocycles. The normalized spacial score (nSPS) is 12.6. The largest absolute Gasteiger partial charge is 0.364 e. The van der Waals surface area contributed by atoms with Crippen LogP contribution in [0.4, 0.5) is 0 Å². The maximum absolute atomic E-state index is 11.3. The van der Waals surface area contributed by atoms with Gasteiger partial charge in [0.25, 0.3) is 0 Å². The summed E-state index contributed by atoms with van der Waals surface area (Å²) >= 11 is 0. The predicted molar refractivity (Wildman–Crippen MR) is 53.2 cm³/mol. The number of hydrogen-bond donors (Lipinski definition) is 1. The SMILES string of the molecule is COC(O)c1ccc(C)cc1C(C)=O. The van der Waals surface area contributed by atoms with E-state index >= 15 is 0 Å². The molecular formula is C11H14O3. The molecule has 3 heteroatoms. The molecule has 0 radical (unpaired) electrons. The lowest BCUT2D eigenvalue weighted by Crippen LogP contribution is -2.07. The van der Waals surface area contributed by atoms with Crippen LogP contribution in [0.15, 0.2) is 18.2 Å². The van der Waals surface area contributed by atoms with E-state index < -0.39 is 6.29 Å². The number of hydrogen-bond acceptors (Lipinski definition) is 3. The van der Waals surface area contributed by atoms with Gasteiger partial charge in [-0.1, -0.05) is 17.7 Å². The molecule has 1 aromatic carbocycles. The summed E-state index contributed by atoms with van der Waals surface area (Å²) in [6, 6.07) is 5.30. The smallest absolute Gasteiger partial charge is 0.181 e. The molecular weight excluding hydrogens is 180 g/mol. The first-order valence-corrected chi connectivity index (χ1v) is 4.38. The van der Waals surface area contributed by atoms with Crippen LogP contribution in [0.5, 0.6) is 0 Å². The number of aliphatic hydroxyl groups is 1. The first-order valence-electron chi connectivity index (χ1n) is 4.38. The van der Waals surface area contributed by atoms with E-state index in [9.17, 15) is 9.90 Å². The molecule has 76 valence electrons. The van der Waals surface area contributed by atoms with Crippen LogP contribution >= 0.6 is 0 Å². The van der Waals surface area contributed by atoms with Crippen molar-refractivity contribution in [1.82, 2.24) is 0 Å². The van der Waals surface area contributed by atoms with Gasteiger partial charge >= 0.3 is 0 Å². The average Bonchev–Trinajstić information content (AvgIpc) is 2.16. The molecule has 0 fully saturated rings. The molecule has 0 heterocycles. The summed E-state index contributed by atoms with van der Waals surface area (Å²) in [5.41, 5.74) is 2.02. The molecule has 0 aliphatic heterocycles. The van der Waals surface area contributed by atoms with Gasteiger partial charge in [-0.05, 0) is 19.9 Å². The van der Waals surface area contributed by atoms with Crippen molar-refractivity contribution in [3.8, 4) is 0 Å². The summed E-state index contributed by atoms with van der Waals surface area (Å²) < 4.78 is 4.77. The van der Waals surface area contributed by atoms with E-state index in [1.54, 1.807) is 12.1 Å². The van der Waals surface area contributed by atoms with Gasteiger partial charge in [0.1, 0.15) is 0 Å². The third kappa shape index (κ3) is 2.19. The van der Waals surface area contributed by atoms with Crippen LogP contribution in [0.1, 0.15) is 34.7 Å². The number of benzene rings is 1. The Morgan fingerprint density at radius 2 is 2.14 bits per heavy atom. The van der Waals surface area contributed by atoms with Gasteiger partial charge in [-0.15, -0.1) is 0 Å². The Kier molecular flexibility index (Phi) is 3.38. The van der Waals surface area contributed by atoms with Crippen molar-refractivity contribution >= 4 is 5.78 Å². The summed E-state index contributed by atoms with van der Waals surface area (Å²) in [4.78, 5) is 11.3. The van der Waals surface area contributed by atoms with Gasteiger partial charge in [0.05, 0.1) is 0 Å². The maximum atomic E-state index is 11.3. The van der Waals surface area contributed by atoms with E-state index in [-0.39, 0.29) is 5.78 Å². The highest BCUT2D eigenvalue weighted by atomic mass is 16.6. The number of methoxy groups -OCH3 is 1. The third-order valence-electron chi connectivity index (χ3n) is 2.08. The van der Waals surface area contributed by atoms with Crippen LogP contribution in [0, 0.1) is 6.92 Å². The average molecular weight is 194 g/mol. The van der Waals surface area contributed by atoms with Gasteiger partial charge in [-0.3, -0.25) is 4.79 Å². The lowest BCUT2D eigenvalue weighted by Gasteiger charge is -2.12. The van der Waals surface area contributed by atoms with Crippen LogP contribution in [-0.2, 0) is 4.74 Å². The third-order valence-corrected chi connectivity index (χ3v) is 2.08. The van der Waals surface area contributed by atoms with Crippen molar-refractivity contribution in [2.45, 2.75) is 20.1 Å². The minimum Gasteiger partial charge on any atom is -0.364 e. The molecule has 0 aliphatic rings. The standard InChI is InChI=1S/C11H14O3/c1-7-4-5-9(11(13)14-3)10(6-7)8(2)12/h4-6,11,13H,1-3H3. The lowest BCUT2D eigenvalue weighted by molar-refractivity contribution is -0.0772. The first-order chi connectivity index (χ1) is 6.56. The zero-order valence-electron chi connectivity index (χ0n) is 8.57. The highest BCUT2D eigenvalue weighted by Crippen LogP contribution is 2.20. The van der Waals surface area contributed by atoms with E-state index in [0.29, 0.717) is 11.1 Å². The summed E-state index contributed by atoms with van der Waals surface area (Å²) in [6.45, 7) is 3.37. The Balaban J connectivity index is 3.21. The van der Waals surface area contributed by atoms with E-state index in [1.165, 1.54) is 14.0 Å². The Morgan fingerprint density at radius 3 is 2.64 bits per heavy atom.